The lowest BCUT2D eigenvalue weighted by Crippen LogP contribution is -2.28. The summed E-state index contributed by atoms with van der Waals surface area (Å²) in [5.41, 5.74) is 1.15. The Labute approximate surface area is 174 Å². The molecule has 1 amide bonds. The van der Waals surface area contributed by atoms with Gasteiger partial charge in [-0.2, -0.15) is 0 Å². The highest BCUT2D eigenvalue weighted by molar-refractivity contribution is 5.91. The molecule has 3 aromatic rings. The lowest BCUT2D eigenvalue weighted by molar-refractivity contribution is -0.116. The summed E-state index contributed by atoms with van der Waals surface area (Å²) < 4.78 is 26.4. The zero-order valence-electron chi connectivity index (χ0n) is 17.7. The lowest BCUT2D eigenvalue weighted by atomic mass is 10.2. The van der Waals surface area contributed by atoms with Crippen LogP contribution in [-0.2, 0) is 16.1 Å². The summed E-state index contributed by atoms with van der Waals surface area (Å²) in [6, 6.07) is 13.0. The quantitative estimate of drug-likeness (QED) is 0.596. The number of fused-ring (bicyclic) bond motifs is 1. The van der Waals surface area contributed by atoms with Crippen LogP contribution in [0.5, 0.6) is 5.75 Å². The number of halogens is 1. The fourth-order valence-corrected chi connectivity index (χ4v) is 2.98. The third-order valence-corrected chi connectivity index (χ3v) is 4.50. The minimum Gasteiger partial charge on any atom is -0.487 e. The first-order valence-corrected chi connectivity index (χ1v) is 9.55. The maximum Gasteiger partial charge on any atom is 0.419 e. The highest BCUT2D eigenvalue weighted by Gasteiger charge is 2.22. The van der Waals surface area contributed by atoms with Crippen LogP contribution >= 0.6 is 0 Å². The van der Waals surface area contributed by atoms with E-state index in [1.54, 1.807) is 64.2 Å². The van der Waals surface area contributed by atoms with E-state index in [0.717, 1.165) is 5.69 Å². The Morgan fingerprint density at radius 1 is 1.07 bits per heavy atom. The van der Waals surface area contributed by atoms with Crippen LogP contribution < -0.4 is 9.64 Å². The molecule has 0 unspecified atom stereocenters. The van der Waals surface area contributed by atoms with Gasteiger partial charge >= 0.3 is 6.09 Å². The molecule has 1 heterocycles. The van der Waals surface area contributed by atoms with Gasteiger partial charge in [0.15, 0.2) is 0 Å². The average molecular weight is 412 g/mol. The Kier molecular flexibility index (Phi) is 5.82. The van der Waals surface area contributed by atoms with Gasteiger partial charge in [-0.1, -0.05) is 0 Å². The molecule has 0 saturated carbocycles. The van der Waals surface area contributed by atoms with Crippen molar-refractivity contribution in [3.05, 3.63) is 60.0 Å². The van der Waals surface area contributed by atoms with Gasteiger partial charge in [0.05, 0.1) is 11.2 Å². The number of anilines is 1. The van der Waals surface area contributed by atoms with E-state index < -0.39 is 11.7 Å². The summed E-state index contributed by atoms with van der Waals surface area (Å²) in [6.07, 6.45) is -0.555. The summed E-state index contributed by atoms with van der Waals surface area (Å²) in [4.78, 5) is 25.8. The second-order valence-corrected chi connectivity index (χ2v) is 8.02. The van der Waals surface area contributed by atoms with Crippen LogP contribution in [0.15, 0.2) is 48.5 Å². The van der Waals surface area contributed by atoms with Crippen molar-refractivity contribution in [2.45, 2.75) is 39.9 Å². The zero-order valence-corrected chi connectivity index (χ0v) is 17.7. The predicted octanol–water partition coefficient (Wildman–Crippen LogP) is 5.13. The number of hydrogen-bond donors (Lipinski definition) is 0. The number of amides is 1. The van der Waals surface area contributed by atoms with E-state index in [1.165, 1.54) is 28.5 Å². The fourth-order valence-electron chi connectivity index (χ4n) is 2.98. The van der Waals surface area contributed by atoms with E-state index in [9.17, 15) is 14.0 Å². The number of carbonyl (C=O) groups excluding carboxylic acids is 2. The lowest BCUT2D eigenvalue weighted by Gasteiger charge is -2.21. The summed E-state index contributed by atoms with van der Waals surface area (Å²) in [7, 11) is 1.69. The first-order valence-electron chi connectivity index (χ1n) is 9.55. The molecule has 158 valence electrons. The highest BCUT2D eigenvalue weighted by Crippen LogP contribution is 2.25. The topological polar surface area (TPSA) is 60.8 Å². The van der Waals surface area contributed by atoms with Gasteiger partial charge in [-0.3, -0.25) is 4.79 Å². The third-order valence-electron chi connectivity index (χ3n) is 4.50. The standard InChI is InChI=1S/C23H25FN2O4/c1-15(27)25(5)18-7-9-20(10-8-18)29-14-19-13-16-12-17(24)6-11-21(16)26(19)22(28)30-23(2,3)4/h6-13H,14H2,1-5H3. The van der Waals surface area contributed by atoms with E-state index in [2.05, 4.69) is 0 Å². The van der Waals surface area contributed by atoms with E-state index in [-0.39, 0.29) is 18.3 Å². The third kappa shape index (κ3) is 4.79. The van der Waals surface area contributed by atoms with Crippen molar-refractivity contribution < 1.29 is 23.5 Å². The van der Waals surface area contributed by atoms with E-state index in [1.807, 2.05) is 0 Å². The van der Waals surface area contributed by atoms with Crippen LogP contribution in [0.3, 0.4) is 0 Å². The summed E-state index contributed by atoms with van der Waals surface area (Å²) in [6.45, 7) is 6.92. The van der Waals surface area contributed by atoms with Gasteiger partial charge in [-0.25, -0.2) is 13.8 Å². The molecule has 0 aliphatic rings. The molecule has 3 rings (SSSR count). The molecule has 6 nitrogen and oxygen atoms in total. The van der Waals surface area contributed by atoms with Crippen LogP contribution in [0, 0.1) is 5.82 Å². The molecular formula is C23H25FN2O4. The predicted molar refractivity (Wildman–Crippen MR) is 113 cm³/mol. The van der Waals surface area contributed by atoms with Crippen molar-refractivity contribution in [2.24, 2.45) is 0 Å². The van der Waals surface area contributed by atoms with Gasteiger partial charge in [0.25, 0.3) is 0 Å². The van der Waals surface area contributed by atoms with Gasteiger partial charge in [-0.05, 0) is 69.3 Å². The molecule has 0 N–H and O–H groups in total. The van der Waals surface area contributed by atoms with E-state index in [4.69, 9.17) is 9.47 Å². The maximum absolute atomic E-state index is 13.7. The largest absolute Gasteiger partial charge is 0.487 e. The zero-order chi connectivity index (χ0) is 22.1. The number of hydrogen-bond acceptors (Lipinski definition) is 4. The maximum atomic E-state index is 13.7. The molecule has 1 aromatic heterocycles. The van der Waals surface area contributed by atoms with Crippen LogP contribution in [0.4, 0.5) is 14.9 Å². The number of rotatable bonds is 4. The molecular weight excluding hydrogens is 387 g/mol. The Morgan fingerprint density at radius 2 is 1.73 bits per heavy atom. The van der Waals surface area contributed by atoms with Gasteiger partial charge in [0.1, 0.15) is 23.8 Å². The highest BCUT2D eigenvalue weighted by atomic mass is 19.1. The normalized spacial score (nSPS) is 11.4. The summed E-state index contributed by atoms with van der Waals surface area (Å²) >= 11 is 0. The van der Waals surface area contributed by atoms with Crippen molar-refractivity contribution in [3.8, 4) is 5.75 Å². The number of aromatic nitrogens is 1. The van der Waals surface area contributed by atoms with Crippen molar-refractivity contribution >= 4 is 28.6 Å². The molecule has 0 spiro atoms. The molecule has 30 heavy (non-hydrogen) atoms. The van der Waals surface area contributed by atoms with Crippen molar-refractivity contribution in [1.82, 2.24) is 4.57 Å². The Balaban J connectivity index is 1.87. The Hall–Kier alpha value is -3.35. The molecule has 0 bridgehead atoms. The average Bonchev–Trinajstić information content (AvgIpc) is 3.02. The first kappa shape index (κ1) is 21.4. The van der Waals surface area contributed by atoms with Gasteiger partial charge < -0.3 is 14.4 Å². The Morgan fingerprint density at radius 3 is 2.33 bits per heavy atom. The van der Waals surface area contributed by atoms with Gasteiger partial charge in [0, 0.05) is 25.0 Å². The monoisotopic (exact) mass is 412 g/mol. The molecule has 0 atom stereocenters. The van der Waals surface area contributed by atoms with Crippen LogP contribution in [0.25, 0.3) is 10.9 Å². The number of nitrogens with zero attached hydrogens (tertiary/aromatic N) is 2. The van der Waals surface area contributed by atoms with Crippen LogP contribution in [-0.4, -0.2) is 29.2 Å². The molecule has 0 aliphatic heterocycles. The van der Waals surface area contributed by atoms with Crippen molar-refractivity contribution in [1.29, 1.82) is 0 Å². The second kappa shape index (κ2) is 8.18. The van der Waals surface area contributed by atoms with Crippen molar-refractivity contribution in [2.75, 3.05) is 11.9 Å². The van der Waals surface area contributed by atoms with E-state index in [0.29, 0.717) is 22.3 Å². The summed E-state index contributed by atoms with van der Waals surface area (Å²) in [5, 5.41) is 0.581. The fraction of sp³-hybridized carbons (Fsp3) is 0.304. The molecule has 0 radical (unpaired) electrons. The summed E-state index contributed by atoms with van der Waals surface area (Å²) in [5.74, 6) is 0.113. The van der Waals surface area contributed by atoms with Crippen molar-refractivity contribution in [3.63, 3.8) is 0 Å². The molecule has 0 fully saturated rings. The number of ether oxygens (including phenoxy) is 2. The molecule has 0 saturated heterocycles. The van der Waals surface area contributed by atoms with Gasteiger partial charge in [-0.15, -0.1) is 0 Å². The second-order valence-electron chi connectivity index (χ2n) is 8.02. The minimum absolute atomic E-state index is 0.0715. The first-order chi connectivity index (χ1) is 14.0. The molecule has 0 aliphatic carbocycles. The van der Waals surface area contributed by atoms with Gasteiger partial charge in [0.2, 0.25) is 5.91 Å². The number of benzene rings is 2. The van der Waals surface area contributed by atoms with Crippen LogP contribution in [0.2, 0.25) is 0 Å². The smallest absolute Gasteiger partial charge is 0.419 e. The minimum atomic E-state index is -0.676. The van der Waals surface area contributed by atoms with Crippen LogP contribution in [0.1, 0.15) is 33.4 Å². The van der Waals surface area contributed by atoms with E-state index >= 15 is 0 Å². The molecule has 2 aromatic carbocycles. The molecule has 7 heteroatoms. The Bertz CT molecular complexity index is 1080. The number of carbonyl (C=O) groups is 2. The SMILES string of the molecule is CC(=O)N(C)c1ccc(OCc2cc3cc(F)ccc3n2C(=O)OC(C)(C)C)cc1.